The van der Waals surface area contributed by atoms with E-state index in [2.05, 4.69) is 16.4 Å². The van der Waals surface area contributed by atoms with E-state index < -0.39 is 16.1 Å². The van der Waals surface area contributed by atoms with Crippen molar-refractivity contribution in [3.63, 3.8) is 0 Å². The zero-order chi connectivity index (χ0) is 24.8. The van der Waals surface area contributed by atoms with Crippen molar-refractivity contribution >= 4 is 20.9 Å². The molecule has 1 aromatic heterocycles. The Kier molecular flexibility index (Phi) is 6.17. The van der Waals surface area contributed by atoms with E-state index in [1.807, 2.05) is 37.3 Å². The van der Waals surface area contributed by atoms with Gasteiger partial charge < -0.3 is 9.84 Å². The van der Waals surface area contributed by atoms with Gasteiger partial charge in [0.25, 0.3) is 10.0 Å². The lowest BCUT2D eigenvalue weighted by molar-refractivity contribution is -0.999. The van der Waals surface area contributed by atoms with Crippen LogP contribution in [0.15, 0.2) is 72.3 Å². The molecule has 0 spiro atoms. The molecule has 2 N–H and O–H groups in total. The van der Waals surface area contributed by atoms with Gasteiger partial charge in [0, 0.05) is 30.3 Å². The lowest BCUT2D eigenvalue weighted by Crippen LogP contribution is -2.74. The van der Waals surface area contributed by atoms with E-state index in [1.165, 1.54) is 0 Å². The molecule has 4 heterocycles. The number of aliphatic hydroxyl groups excluding tert-OH is 1. The Morgan fingerprint density at radius 2 is 2.00 bits per heavy atom. The van der Waals surface area contributed by atoms with Crippen LogP contribution in [-0.2, 0) is 10.0 Å². The highest BCUT2D eigenvalue weighted by Crippen LogP contribution is 2.46. The first-order chi connectivity index (χ1) is 16.8. The number of hydrogen-bond acceptors (Lipinski definition) is 5. The molecule has 3 aliphatic heterocycles. The van der Waals surface area contributed by atoms with Crippen LogP contribution in [0.4, 0.5) is 0 Å². The molecule has 7 nitrogen and oxygen atoms in total. The van der Waals surface area contributed by atoms with E-state index in [0.29, 0.717) is 31.2 Å². The molecule has 35 heavy (non-hydrogen) atoms. The summed E-state index contributed by atoms with van der Waals surface area (Å²) in [6, 6.07) is 13.9. The highest BCUT2D eigenvalue weighted by atomic mass is 32.2. The third-order valence-corrected chi connectivity index (χ3v) is 9.32. The van der Waals surface area contributed by atoms with Gasteiger partial charge in [0.2, 0.25) is 0 Å². The van der Waals surface area contributed by atoms with Crippen molar-refractivity contribution in [3.8, 4) is 5.75 Å². The van der Waals surface area contributed by atoms with Crippen LogP contribution in [0.2, 0.25) is 0 Å². The largest absolute Gasteiger partial charge is 0.497 e. The van der Waals surface area contributed by atoms with Gasteiger partial charge in [-0.1, -0.05) is 28.6 Å². The van der Waals surface area contributed by atoms with Crippen molar-refractivity contribution in [2.45, 2.75) is 36.8 Å². The van der Waals surface area contributed by atoms with Crippen LogP contribution in [0.25, 0.3) is 10.9 Å². The molecule has 3 aliphatic rings. The van der Waals surface area contributed by atoms with E-state index >= 15 is 0 Å². The molecule has 3 fully saturated rings. The first-order valence-corrected chi connectivity index (χ1v) is 13.5. The molecule has 2 aromatic carbocycles. The summed E-state index contributed by atoms with van der Waals surface area (Å²) in [5, 5.41) is 12.6. The van der Waals surface area contributed by atoms with Crippen molar-refractivity contribution in [2.75, 3.05) is 20.2 Å². The molecule has 6 rings (SSSR count). The minimum Gasteiger partial charge on any atom is -0.497 e. The van der Waals surface area contributed by atoms with E-state index in [4.69, 9.17) is 4.74 Å². The van der Waals surface area contributed by atoms with Crippen molar-refractivity contribution in [1.29, 1.82) is 0 Å². The van der Waals surface area contributed by atoms with Gasteiger partial charge in [-0.2, -0.15) is 0 Å². The Bertz CT molecular complexity index is 1360. The number of aromatic nitrogens is 1. The summed E-state index contributed by atoms with van der Waals surface area (Å²) in [5.74, 6) is 1.22. The second-order valence-electron chi connectivity index (χ2n) is 9.83. The molecule has 3 aromatic rings. The zero-order valence-corrected chi connectivity index (χ0v) is 20.9. The molecule has 8 heteroatoms. The SMILES string of the molecule is C=CC1C[N+]2(NS(=O)(=O)c3ccc(C)cc3)CCC1CC2[C@H](O)c1ccnc2ccc(OC)cc12. The minimum atomic E-state index is -3.81. The number of aliphatic hydroxyl groups is 1. The van der Waals surface area contributed by atoms with Crippen LogP contribution < -0.4 is 9.57 Å². The predicted octanol–water partition coefficient (Wildman–Crippen LogP) is 3.89. The second kappa shape index (κ2) is 9.02. The van der Waals surface area contributed by atoms with Gasteiger partial charge in [-0.25, -0.2) is 13.0 Å². The lowest BCUT2D eigenvalue weighted by Gasteiger charge is -2.56. The average Bonchev–Trinajstić information content (AvgIpc) is 2.87. The number of hydrogen-bond donors (Lipinski definition) is 2. The maximum absolute atomic E-state index is 13.5. The summed E-state index contributed by atoms with van der Waals surface area (Å²) in [4.78, 5) is 7.70. The summed E-state index contributed by atoms with van der Waals surface area (Å²) >= 11 is 0. The zero-order valence-electron chi connectivity index (χ0n) is 20.1. The number of piperidine rings is 3. The topological polar surface area (TPSA) is 88.5 Å². The first kappa shape index (κ1) is 23.9. The Morgan fingerprint density at radius 1 is 1.23 bits per heavy atom. The lowest BCUT2D eigenvalue weighted by atomic mass is 9.72. The fourth-order valence-corrected chi connectivity index (χ4v) is 7.28. The number of rotatable bonds is 7. The highest BCUT2D eigenvalue weighted by Gasteiger charge is 2.56. The molecule has 4 unspecified atom stereocenters. The molecule has 5 atom stereocenters. The summed E-state index contributed by atoms with van der Waals surface area (Å²) in [5.41, 5.74) is 2.48. The second-order valence-corrected chi connectivity index (χ2v) is 11.5. The number of nitrogens with one attached hydrogen (secondary N) is 1. The number of fused-ring (bicyclic) bond motifs is 4. The summed E-state index contributed by atoms with van der Waals surface area (Å²) in [6.07, 6.45) is 4.31. The predicted molar refractivity (Wildman–Crippen MR) is 135 cm³/mol. The van der Waals surface area contributed by atoms with Gasteiger partial charge in [-0.3, -0.25) is 4.98 Å². The third-order valence-electron chi connectivity index (χ3n) is 7.82. The van der Waals surface area contributed by atoms with E-state index in [1.54, 1.807) is 37.6 Å². The maximum atomic E-state index is 13.5. The molecule has 0 aliphatic carbocycles. The van der Waals surface area contributed by atoms with Crippen LogP contribution in [-0.4, -0.2) is 49.3 Å². The highest BCUT2D eigenvalue weighted by molar-refractivity contribution is 7.89. The molecule has 184 valence electrons. The quantitative estimate of drug-likeness (QED) is 0.384. The summed E-state index contributed by atoms with van der Waals surface area (Å²) in [7, 11) is -2.21. The number of nitrogens with zero attached hydrogens (tertiary/aromatic N) is 2. The van der Waals surface area contributed by atoms with Crippen LogP contribution >= 0.6 is 0 Å². The number of ether oxygens (including phenoxy) is 1. The third kappa shape index (κ3) is 4.25. The number of benzene rings is 2. The first-order valence-electron chi connectivity index (χ1n) is 12.0. The Morgan fingerprint density at radius 3 is 2.71 bits per heavy atom. The monoisotopic (exact) mass is 494 g/mol. The van der Waals surface area contributed by atoms with Gasteiger partial charge >= 0.3 is 0 Å². The average molecular weight is 495 g/mol. The smallest absolute Gasteiger partial charge is 0.282 e. The number of methoxy groups -OCH3 is 1. The van der Waals surface area contributed by atoms with Crippen molar-refractivity contribution in [3.05, 3.63) is 78.5 Å². The van der Waals surface area contributed by atoms with E-state index in [0.717, 1.165) is 28.5 Å². The van der Waals surface area contributed by atoms with Crippen molar-refractivity contribution in [1.82, 2.24) is 9.82 Å². The molecule has 3 saturated heterocycles. The molecular weight excluding hydrogens is 462 g/mol. The molecule has 0 amide bonds. The van der Waals surface area contributed by atoms with Gasteiger partial charge in [-0.15, -0.1) is 6.58 Å². The van der Waals surface area contributed by atoms with Gasteiger partial charge in [0.05, 0.1) is 24.1 Å². The Balaban J connectivity index is 1.57. The minimum absolute atomic E-state index is 0.0956. The van der Waals surface area contributed by atoms with Crippen LogP contribution in [0, 0.1) is 18.8 Å². The maximum Gasteiger partial charge on any atom is 0.282 e. The van der Waals surface area contributed by atoms with Crippen molar-refractivity contribution in [2.24, 2.45) is 11.8 Å². The number of aryl methyl sites for hydroxylation is 1. The fraction of sp³-hybridized carbons (Fsp3) is 0.370. The standard InChI is InChI=1S/C27H32N3O4S/c1-4-19-17-30(29-35(32,33)22-8-5-18(2)6-9-22)14-12-20(19)15-26(30)27(31)23-11-13-28-25-10-7-21(34-3)16-24(23)25/h4-11,13,16,19-20,26-27,29,31H,1,12,14-15,17H2,2-3H3/q+1/t19?,20?,26?,27-,30?/m1/s1. The van der Waals surface area contributed by atoms with Gasteiger partial charge in [0.1, 0.15) is 24.4 Å². The Labute approximate surface area is 206 Å². The molecule has 0 radical (unpaired) electrons. The molecule has 2 bridgehead atoms. The fourth-order valence-electron chi connectivity index (χ4n) is 5.90. The molecular formula is C27H32N3O4S+. The number of pyridine rings is 1. The number of quaternary nitrogens is 1. The van der Waals surface area contributed by atoms with E-state index in [-0.39, 0.29) is 21.4 Å². The number of sulfonamides is 1. The van der Waals surface area contributed by atoms with Crippen LogP contribution in [0.1, 0.15) is 30.1 Å². The van der Waals surface area contributed by atoms with E-state index in [9.17, 15) is 13.5 Å². The van der Waals surface area contributed by atoms with Crippen LogP contribution in [0.5, 0.6) is 5.75 Å². The van der Waals surface area contributed by atoms with Crippen molar-refractivity contribution < 1.29 is 22.9 Å². The summed E-state index contributed by atoms with van der Waals surface area (Å²) < 4.78 is 32.6. The summed E-state index contributed by atoms with van der Waals surface area (Å²) in [6.45, 7) is 7.12. The molecule has 0 saturated carbocycles. The van der Waals surface area contributed by atoms with Crippen LogP contribution in [0.3, 0.4) is 0 Å². The normalized spacial score (nSPS) is 27.0. The van der Waals surface area contributed by atoms with Gasteiger partial charge in [-0.05, 0) is 54.8 Å². The Hall–Kier alpha value is -2.78. The van der Waals surface area contributed by atoms with Gasteiger partial charge in [0.15, 0.2) is 0 Å².